The van der Waals surface area contributed by atoms with Gasteiger partial charge in [-0.1, -0.05) is 32.9 Å². The molecule has 40 heavy (non-hydrogen) atoms. The fourth-order valence-corrected chi connectivity index (χ4v) is 5.09. The van der Waals surface area contributed by atoms with Crippen molar-refractivity contribution >= 4 is 23.5 Å². The van der Waals surface area contributed by atoms with Crippen molar-refractivity contribution in [2.45, 2.75) is 58.8 Å². The molecule has 0 spiro atoms. The van der Waals surface area contributed by atoms with E-state index in [9.17, 15) is 19.5 Å². The van der Waals surface area contributed by atoms with E-state index in [0.29, 0.717) is 29.8 Å². The number of hydrogen-bond acceptors (Lipinski definition) is 6. The van der Waals surface area contributed by atoms with Gasteiger partial charge in [-0.15, -0.1) is 0 Å². The lowest BCUT2D eigenvalue weighted by molar-refractivity contribution is -0.137. The molecule has 216 valence electrons. The zero-order valence-electron chi connectivity index (χ0n) is 23.9. The van der Waals surface area contributed by atoms with Crippen LogP contribution in [-0.4, -0.2) is 49.7 Å². The molecule has 1 saturated heterocycles. The quantitative estimate of drug-likeness (QED) is 0.364. The van der Waals surface area contributed by atoms with Crippen molar-refractivity contribution in [3.63, 3.8) is 0 Å². The molecule has 4 rings (SSSR count). The van der Waals surface area contributed by atoms with Gasteiger partial charge >= 0.3 is 5.97 Å². The molecule has 0 aromatic heterocycles. The molecule has 2 fully saturated rings. The second-order valence-corrected chi connectivity index (χ2v) is 11.9. The van der Waals surface area contributed by atoms with E-state index in [2.05, 4.69) is 15.8 Å². The highest BCUT2D eigenvalue weighted by Crippen LogP contribution is 2.45. The molecular weight excluding hydrogens is 510 g/mol. The Morgan fingerprint density at radius 3 is 2.35 bits per heavy atom. The lowest BCUT2D eigenvalue weighted by atomic mass is 9.91. The lowest BCUT2D eigenvalue weighted by Crippen LogP contribution is -2.47. The first-order valence-corrected chi connectivity index (χ1v) is 14.0. The topological polar surface area (TPSA) is 117 Å². The molecule has 1 atom stereocenters. The second-order valence-electron chi connectivity index (χ2n) is 11.9. The normalized spacial score (nSPS) is 16.6. The summed E-state index contributed by atoms with van der Waals surface area (Å²) in [7, 11) is 1.59. The van der Waals surface area contributed by atoms with Gasteiger partial charge in [0.1, 0.15) is 11.5 Å². The predicted molar refractivity (Wildman–Crippen MR) is 153 cm³/mol. The first-order valence-electron chi connectivity index (χ1n) is 14.0. The first kappa shape index (κ1) is 29.2. The van der Waals surface area contributed by atoms with E-state index < -0.39 is 11.4 Å². The SMILES string of the molecule is COc1ccc(C(=O)NNC(=O)C(C)(C)C)c(N2CCC(COc3cccc(C(CC(=O)O)C4CC4)c3)CC2)c1. The smallest absolute Gasteiger partial charge is 0.303 e. The van der Waals surface area contributed by atoms with Gasteiger partial charge in [0.15, 0.2) is 0 Å². The Bertz CT molecular complexity index is 1210. The molecule has 1 aliphatic heterocycles. The van der Waals surface area contributed by atoms with E-state index in [1.165, 1.54) is 0 Å². The summed E-state index contributed by atoms with van der Waals surface area (Å²) in [5.41, 5.74) is 6.70. The van der Waals surface area contributed by atoms with Gasteiger partial charge in [0.05, 0.1) is 31.4 Å². The molecule has 0 radical (unpaired) electrons. The van der Waals surface area contributed by atoms with Gasteiger partial charge in [-0.05, 0) is 73.3 Å². The third kappa shape index (κ3) is 7.67. The number of piperidine rings is 1. The molecule has 9 nitrogen and oxygen atoms in total. The summed E-state index contributed by atoms with van der Waals surface area (Å²) in [6.45, 7) is 7.41. The van der Waals surface area contributed by atoms with Crippen molar-refractivity contribution < 1.29 is 29.0 Å². The minimum atomic E-state index is -0.763. The Balaban J connectivity index is 1.35. The molecule has 2 aromatic carbocycles. The number of benzene rings is 2. The Kier molecular flexibility index (Phi) is 9.22. The first-order chi connectivity index (χ1) is 19.0. The van der Waals surface area contributed by atoms with Crippen LogP contribution in [0.25, 0.3) is 0 Å². The molecular formula is C31H41N3O6. The molecule has 1 heterocycles. The number of nitrogens with zero attached hydrogens (tertiary/aromatic N) is 1. The maximum atomic E-state index is 13.0. The number of aliphatic carboxylic acids is 1. The number of ether oxygens (including phenoxy) is 2. The fraction of sp³-hybridized carbons (Fsp3) is 0.516. The van der Waals surface area contributed by atoms with Gasteiger partial charge in [-0.25, -0.2) is 0 Å². The number of carbonyl (C=O) groups excluding carboxylic acids is 2. The van der Waals surface area contributed by atoms with Crippen molar-refractivity contribution in [1.82, 2.24) is 10.9 Å². The zero-order chi connectivity index (χ0) is 28.9. The predicted octanol–water partition coefficient (Wildman–Crippen LogP) is 4.77. The van der Waals surface area contributed by atoms with Crippen LogP contribution >= 0.6 is 0 Å². The molecule has 0 bridgehead atoms. The highest BCUT2D eigenvalue weighted by molar-refractivity contribution is 6.01. The summed E-state index contributed by atoms with van der Waals surface area (Å²) in [5.74, 6) is 0.867. The number of carboxylic acids is 1. The maximum Gasteiger partial charge on any atom is 0.303 e. The van der Waals surface area contributed by atoms with Crippen LogP contribution in [0.3, 0.4) is 0 Å². The van der Waals surface area contributed by atoms with E-state index in [1.54, 1.807) is 40.0 Å². The minimum Gasteiger partial charge on any atom is -0.497 e. The van der Waals surface area contributed by atoms with Crippen molar-refractivity contribution in [1.29, 1.82) is 0 Å². The van der Waals surface area contributed by atoms with Gasteiger partial charge in [0, 0.05) is 24.6 Å². The van der Waals surface area contributed by atoms with Crippen LogP contribution in [0.15, 0.2) is 42.5 Å². The van der Waals surface area contributed by atoms with Crippen molar-refractivity contribution in [2.75, 3.05) is 31.7 Å². The summed E-state index contributed by atoms with van der Waals surface area (Å²) < 4.78 is 11.6. The highest BCUT2D eigenvalue weighted by Gasteiger charge is 2.34. The second kappa shape index (κ2) is 12.6. The third-order valence-corrected chi connectivity index (χ3v) is 7.73. The molecule has 9 heteroatoms. The van der Waals surface area contributed by atoms with Crippen LogP contribution < -0.4 is 25.2 Å². The van der Waals surface area contributed by atoms with Crippen LogP contribution in [-0.2, 0) is 9.59 Å². The van der Waals surface area contributed by atoms with Crippen LogP contribution in [0.1, 0.15) is 74.7 Å². The van der Waals surface area contributed by atoms with E-state index in [0.717, 1.165) is 55.8 Å². The molecule has 2 aromatic rings. The molecule has 3 N–H and O–H groups in total. The van der Waals surface area contributed by atoms with E-state index >= 15 is 0 Å². The van der Waals surface area contributed by atoms with Gasteiger partial charge in [0.25, 0.3) is 5.91 Å². The average Bonchev–Trinajstić information content (AvgIpc) is 3.78. The van der Waals surface area contributed by atoms with Crippen LogP contribution in [0.5, 0.6) is 11.5 Å². The third-order valence-electron chi connectivity index (χ3n) is 7.73. The van der Waals surface area contributed by atoms with Crippen LogP contribution in [0.2, 0.25) is 0 Å². The van der Waals surface area contributed by atoms with E-state index in [4.69, 9.17) is 9.47 Å². The number of methoxy groups -OCH3 is 1. The van der Waals surface area contributed by atoms with E-state index in [1.807, 2.05) is 30.3 Å². The summed E-state index contributed by atoms with van der Waals surface area (Å²) in [6, 6.07) is 13.2. The van der Waals surface area contributed by atoms with Crippen molar-refractivity contribution in [2.24, 2.45) is 17.3 Å². The number of amides is 2. The number of anilines is 1. The number of carboxylic acid groups (broad SMARTS) is 1. The maximum absolute atomic E-state index is 13.0. The van der Waals surface area contributed by atoms with E-state index in [-0.39, 0.29) is 24.2 Å². The number of carbonyl (C=O) groups is 3. The number of rotatable bonds is 10. The molecule has 1 saturated carbocycles. The Hall–Kier alpha value is -3.75. The summed E-state index contributed by atoms with van der Waals surface area (Å²) in [5, 5.41) is 9.34. The largest absolute Gasteiger partial charge is 0.497 e. The molecule has 2 aliphatic rings. The molecule has 2 amide bonds. The van der Waals surface area contributed by atoms with Gasteiger partial charge in [-0.2, -0.15) is 0 Å². The standard InChI is InChI=1S/C31H41N3O6/c1-31(2,3)30(38)33-32-29(37)25-11-10-23(39-4)17-27(25)34-14-12-20(13-15-34)19-40-24-7-5-6-22(16-24)26(18-28(35)36)21-8-9-21/h5-7,10-11,16-17,20-21,26H,8-9,12-15,18-19H2,1-4H3,(H,32,37)(H,33,38)(H,35,36). The molecule has 1 aliphatic carbocycles. The van der Waals surface area contributed by atoms with Gasteiger partial charge in [0.2, 0.25) is 5.91 Å². The fourth-order valence-electron chi connectivity index (χ4n) is 5.09. The average molecular weight is 552 g/mol. The van der Waals surface area contributed by atoms with Gasteiger partial charge < -0.3 is 19.5 Å². The van der Waals surface area contributed by atoms with Crippen LogP contribution in [0, 0.1) is 17.3 Å². The lowest BCUT2D eigenvalue weighted by Gasteiger charge is -2.34. The van der Waals surface area contributed by atoms with Crippen molar-refractivity contribution in [3.8, 4) is 11.5 Å². The molecule has 1 unspecified atom stereocenters. The number of hydrazine groups is 1. The Morgan fingerprint density at radius 2 is 1.73 bits per heavy atom. The number of nitrogens with one attached hydrogen (secondary N) is 2. The number of hydrogen-bond donors (Lipinski definition) is 3. The van der Waals surface area contributed by atoms with Crippen LogP contribution in [0.4, 0.5) is 5.69 Å². The Labute approximate surface area is 236 Å². The summed E-state index contributed by atoms with van der Waals surface area (Å²) in [6.07, 6.45) is 4.11. The highest BCUT2D eigenvalue weighted by atomic mass is 16.5. The summed E-state index contributed by atoms with van der Waals surface area (Å²) >= 11 is 0. The van der Waals surface area contributed by atoms with Gasteiger partial charge in [-0.3, -0.25) is 25.2 Å². The zero-order valence-corrected chi connectivity index (χ0v) is 23.9. The summed E-state index contributed by atoms with van der Waals surface area (Å²) in [4.78, 5) is 38.8. The monoisotopic (exact) mass is 551 g/mol. The Morgan fingerprint density at radius 1 is 1.00 bits per heavy atom. The van der Waals surface area contributed by atoms with Crippen molar-refractivity contribution in [3.05, 3.63) is 53.6 Å². The minimum absolute atomic E-state index is 0.0420.